The van der Waals surface area contributed by atoms with E-state index in [1.54, 1.807) is 7.11 Å². The molecule has 0 radical (unpaired) electrons. The number of methoxy groups -OCH3 is 2. The lowest BCUT2D eigenvalue weighted by molar-refractivity contribution is -0.140. The number of hydrogen-bond acceptors (Lipinski definition) is 5. The number of rotatable bonds is 9. The summed E-state index contributed by atoms with van der Waals surface area (Å²) in [5.74, 6) is -0.279. The Morgan fingerprint density at radius 1 is 1.06 bits per heavy atom. The molecule has 2 aliphatic rings. The lowest BCUT2D eigenvalue weighted by Crippen LogP contribution is -2.55. The van der Waals surface area contributed by atoms with Crippen molar-refractivity contribution in [2.45, 2.75) is 49.6 Å². The minimum atomic E-state index is -0.279. The second-order valence-electron chi connectivity index (χ2n) is 9.04. The molecule has 0 bridgehead atoms. The van der Waals surface area contributed by atoms with E-state index in [2.05, 4.69) is 54.2 Å². The summed E-state index contributed by atoms with van der Waals surface area (Å²) in [5, 5.41) is 0. The van der Waals surface area contributed by atoms with E-state index >= 15 is 0 Å². The third-order valence-corrected chi connectivity index (χ3v) is 7.28. The number of benzene rings is 1. The molecule has 1 aromatic rings. The molecule has 1 aliphatic carbocycles. The maximum atomic E-state index is 13.3. The molecule has 172 valence electrons. The Kier molecular flexibility index (Phi) is 7.59. The summed E-state index contributed by atoms with van der Waals surface area (Å²) in [6.45, 7) is 2.40. The standard InChI is InChI=1S/C24H37N3O4/c1-25(2)24(20-9-6-5-7-10-20)14-12-23(13-15-24)19-26(17-11-21(28)31-4)22(29)27(23)16-8-18-30-3/h5-7,9-10H,8,11-19H2,1-4H3. The van der Waals surface area contributed by atoms with Crippen LogP contribution in [0.25, 0.3) is 0 Å². The van der Waals surface area contributed by atoms with Gasteiger partial charge in [-0.15, -0.1) is 0 Å². The molecule has 2 amide bonds. The van der Waals surface area contributed by atoms with Crippen LogP contribution in [0.3, 0.4) is 0 Å². The van der Waals surface area contributed by atoms with Gasteiger partial charge in [-0.05, 0) is 51.8 Å². The summed E-state index contributed by atoms with van der Waals surface area (Å²) >= 11 is 0. The highest BCUT2D eigenvalue weighted by Gasteiger charge is 2.54. The van der Waals surface area contributed by atoms with Crippen LogP contribution in [-0.4, -0.2) is 86.8 Å². The lowest BCUT2D eigenvalue weighted by atomic mass is 9.68. The second-order valence-corrected chi connectivity index (χ2v) is 9.04. The maximum absolute atomic E-state index is 13.3. The highest BCUT2D eigenvalue weighted by molar-refractivity contribution is 5.79. The van der Waals surface area contributed by atoms with Crippen molar-refractivity contribution in [3.63, 3.8) is 0 Å². The van der Waals surface area contributed by atoms with Gasteiger partial charge in [0.2, 0.25) is 0 Å². The van der Waals surface area contributed by atoms with Gasteiger partial charge in [0.05, 0.1) is 19.1 Å². The molecule has 0 N–H and O–H groups in total. The van der Waals surface area contributed by atoms with Crippen LogP contribution in [0.15, 0.2) is 30.3 Å². The van der Waals surface area contributed by atoms with Crippen molar-refractivity contribution in [2.24, 2.45) is 0 Å². The third kappa shape index (κ3) is 4.72. The number of hydrogen-bond donors (Lipinski definition) is 0. The molecule has 1 saturated carbocycles. The third-order valence-electron chi connectivity index (χ3n) is 7.28. The molecule has 1 aromatic carbocycles. The fourth-order valence-corrected chi connectivity index (χ4v) is 5.38. The van der Waals surface area contributed by atoms with Crippen molar-refractivity contribution in [2.75, 3.05) is 54.6 Å². The molecule has 7 nitrogen and oxygen atoms in total. The van der Waals surface area contributed by atoms with E-state index in [0.29, 0.717) is 26.2 Å². The van der Waals surface area contributed by atoms with Crippen LogP contribution in [-0.2, 0) is 19.8 Å². The molecule has 31 heavy (non-hydrogen) atoms. The Bertz CT molecular complexity index is 744. The second kappa shape index (κ2) is 10.0. The Balaban J connectivity index is 1.80. The first-order valence-corrected chi connectivity index (χ1v) is 11.2. The van der Waals surface area contributed by atoms with E-state index in [1.807, 2.05) is 4.90 Å². The number of carbonyl (C=O) groups is 2. The summed E-state index contributed by atoms with van der Waals surface area (Å²) in [6.07, 6.45) is 4.90. The van der Waals surface area contributed by atoms with E-state index in [-0.39, 0.29) is 29.5 Å². The topological polar surface area (TPSA) is 62.3 Å². The van der Waals surface area contributed by atoms with Gasteiger partial charge in [-0.2, -0.15) is 0 Å². The summed E-state index contributed by atoms with van der Waals surface area (Å²) in [6, 6.07) is 10.7. The summed E-state index contributed by atoms with van der Waals surface area (Å²) in [4.78, 5) is 31.2. The fraction of sp³-hybridized carbons (Fsp3) is 0.667. The Labute approximate surface area is 186 Å². The van der Waals surface area contributed by atoms with Crippen LogP contribution in [0.2, 0.25) is 0 Å². The molecule has 1 saturated heterocycles. The molecule has 0 aromatic heterocycles. The number of nitrogens with zero attached hydrogens (tertiary/aromatic N) is 3. The van der Waals surface area contributed by atoms with Crippen molar-refractivity contribution in [3.05, 3.63) is 35.9 Å². The number of amides is 2. The lowest BCUT2D eigenvalue weighted by Gasteiger charge is -2.51. The average molecular weight is 432 g/mol. The Morgan fingerprint density at radius 3 is 2.32 bits per heavy atom. The van der Waals surface area contributed by atoms with E-state index in [9.17, 15) is 9.59 Å². The van der Waals surface area contributed by atoms with E-state index in [0.717, 1.165) is 32.1 Å². The monoisotopic (exact) mass is 431 g/mol. The summed E-state index contributed by atoms with van der Waals surface area (Å²) in [5.41, 5.74) is 1.13. The molecule has 1 aliphatic heterocycles. The van der Waals surface area contributed by atoms with Gasteiger partial charge in [-0.25, -0.2) is 4.79 Å². The number of esters is 1. The number of ether oxygens (including phenoxy) is 2. The summed E-state index contributed by atoms with van der Waals surface area (Å²) < 4.78 is 10.0. The fourth-order valence-electron chi connectivity index (χ4n) is 5.38. The zero-order valence-electron chi connectivity index (χ0n) is 19.4. The molecule has 2 fully saturated rings. The van der Waals surface area contributed by atoms with Gasteiger partial charge in [0.25, 0.3) is 0 Å². The van der Waals surface area contributed by atoms with Gasteiger partial charge in [-0.1, -0.05) is 30.3 Å². The highest BCUT2D eigenvalue weighted by Crippen LogP contribution is 2.48. The molecule has 1 spiro atoms. The van der Waals surface area contributed by atoms with E-state index in [1.165, 1.54) is 12.7 Å². The maximum Gasteiger partial charge on any atom is 0.320 e. The van der Waals surface area contributed by atoms with Crippen molar-refractivity contribution in [1.82, 2.24) is 14.7 Å². The predicted octanol–water partition coefficient (Wildman–Crippen LogP) is 3.09. The molecule has 1 heterocycles. The van der Waals surface area contributed by atoms with Crippen molar-refractivity contribution < 1.29 is 19.1 Å². The zero-order valence-corrected chi connectivity index (χ0v) is 19.4. The van der Waals surface area contributed by atoms with Crippen molar-refractivity contribution in [3.8, 4) is 0 Å². The van der Waals surface area contributed by atoms with Crippen LogP contribution in [0.1, 0.15) is 44.1 Å². The van der Waals surface area contributed by atoms with Crippen LogP contribution in [0, 0.1) is 0 Å². The normalized spacial score (nSPS) is 26.2. The quantitative estimate of drug-likeness (QED) is 0.444. The first-order valence-electron chi connectivity index (χ1n) is 11.2. The largest absolute Gasteiger partial charge is 0.469 e. The molecule has 0 unspecified atom stereocenters. The van der Waals surface area contributed by atoms with E-state index in [4.69, 9.17) is 9.47 Å². The van der Waals surface area contributed by atoms with Crippen molar-refractivity contribution >= 4 is 12.0 Å². The van der Waals surface area contributed by atoms with Crippen LogP contribution < -0.4 is 0 Å². The summed E-state index contributed by atoms with van der Waals surface area (Å²) in [7, 11) is 7.39. The van der Waals surface area contributed by atoms with Gasteiger partial charge >= 0.3 is 12.0 Å². The van der Waals surface area contributed by atoms with Gasteiger partial charge in [0.1, 0.15) is 0 Å². The first kappa shape index (κ1) is 23.5. The smallest absolute Gasteiger partial charge is 0.320 e. The van der Waals surface area contributed by atoms with Crippen molar-refractivity contribution in [1.29, 1.82) is 0 Å². The number of urea groups is 1. The molecule has 7 heteroatoms. The van der Waals surface area contributed by atoms with Crippen LogP contribution in [0.5, 0.6) is 0 Å². The van der Waals surface area contributed by atoms with Gasteiger partial charge in [0, 0.05) is 38.9 Å². The van der Waals surface area contributed by atoms with Crippen LogP contribution in [0.4, 0.5) is 4.79 Å². The predicted molar refractivity (Wildman–Crippen MR) is 120 cm³/mol. The molecular formula is C24H37N3O4. The van der Waals surface area contributed by atoms with Gasteiger partial charge in [-0.3, -0.25) is 9.69 Å². The minimum Gasteiger partial charge on any atom is -0.469 e. The van der Waals surface area contributed by atoms with Crippen LogP contribution >= 0.6 is 0 Å². The molecule has 0 atom stereocenters. The molecular weight excluding hydrogens is 394 g/mol. The highest BCUT2D eigenvalue weighted by atomic mass is 16.5. The zero-order chi connectivity index (χ0) is 22.5. The van der Waals surface area contributed by atoms with Gasteiger partial charge < -0.3 is 19.3 Å². The van der Waals surface area contributed by atoms with E-state index < -0.39 is 0 Å². The minimum absolute atomic E-state index is 0.0206. The number of carbonyl (C=O) groups excluding carboxylic acids is 2. The average Bonchev–Trinajstić information content (AvgIpc) is 3.04. The SMILES string of the molecule is COCCCN1C(=O)N(CCC(=O)OC)CC12CCC(c1ccccc1)(N(C)C)CC2. The Hall–Kier alpha value is -2.12. The van der Waals surface area contributed by atoms with Gasteiger partial charge in [0.15, 0.2) is 0 Å². The molecule has 3 rings (SSSR count). The Morgan fingerprint density at radius 2 is 1.74 bits per heavy atom. The first-order chi connectivity index (χ1) is 14.9.